The Morgan fingerprint density at radius 1 is 1.02 bits per heavy atom. The van der Waals surface area contributed by atoms with Crippen molar-refractivity contribution in [3.8, 4) is 0 Å². The van der Waals surface area contributed by atoms with Crippen LogP contribution in [-0.4, -0.2) is 85.0 Å². The number of ketones is 1. The molecule has 242 valence electrons. The van der Waals surface area contributed by atoms with Crippen LogP contribution in [0.1, 0.15) is 74.1 Å². The molecular formula is C30H49N5O8. The van der Waals surface area contributed by atoms with Crippen LogP contribution in [0.25, 0.3) is 0 Å². The van der Waals surface area contributed by atoms with Crippen molar-refractivity contribution in [3.05, 3.63) is 0 Å². The van der Waals surface area contributed by atoms with Crippen molar-refractivity contribution in [2.24, 2.45) is 40.2 Å². The van der Waals surface area contributed by atoms with Crippen LogP contribution in [0.4, 0.5) is 9.59 Å². The van der Waals surface area contributed by atoms with Crippen molar-refractivity contribution < 1.29 is 38.2 Å². The molecule has 2 aliphatic carbocycles. The third-order valence-electron chi connectivity index (χ3n) is 9.49. The Kier molecular flexibility index (Phi) is 10.4. The molecule has 1 saturated heterocycles. The fourth-order valence-corrected chi connectivity index (χ4v) is 6.31. The molecule has 13 heteroatoms. The predicted octanol–water partition coefficient (Wildman–Crippen LogP) is 1.72. The Morgan fingerprint density at radius 3 is 2.14 bits per heavy atom. The van der Waals surface area contributed by atoms with Gasteiger partial charge < -0.3 is 36.1 Å². The lowest BCUT2D eigenvalue weighted by molar-refractivity contribution is -0.145. The summed E-state index contributed by atoms with van der Waals surface area (Å²) in [6, 6.07) is -4.10. The van der Waals surface area contributed by atoms with Crippen molar-refractivity contribution >= 4 is 35.7 Å². The Balaban J connectivity index is 1.79. The van der Waals surface area contributed by atoms with Gasteiger partial charge in [-0.1, -0.05) is 67.7 Å². The van der Waals surface area contributed by atoms with Crippen molar-refractivity contribution in [1.82, 2.24) is 20.9 Å². The molecular weight excluding hydrogens is 558 g/mol. The number of urea groups is 1. The van der Waals surface area contributed by atoms with Crippen LogP contribution < -0.4 is 21.7 Å². The summed E-state index contributed by atoms with van der Waals surface area (Å²) >= 11 is 0. The molecule has 2 saturated carbocycles. The number of amides is 5. The second-order valence-electron chi connectivity index (χ2n) is 14.2. The van der Waals surface area contributed by atoms with E-state index in [0.29, 0.717) is 13.0 Å². The van der Waals surface area contributed by atoms with E-state index >= 15 is 0 Å². The molecule has 5 N–H and O–H groups in total. The van der Waals surface area contributed by atoms with Crippen LogP contribution >= 0.6 is 0 Å². The molecule has 0 aromatic heterocycles. The number of hydrogen-bond acceptors (Lipinski definition) is 8. The first-order valence-electron chi connectivity index (χ1n) is 15.1. The number of hydrogen-bond donors (Lipinski definition) is 4. The molecule has 43 heavy (non-hydrogen) atoms. The highest BCUT2D eigenvalue weighted by Crippen LogP contribution is 2.65. The van der Waals surface area contributed by atoms with E-state index in [1.54, 1.807) is 0 Å². The average molecular weight is 608 g/mol. The van der Waals surface area contributed by atoms with Gasteiger partial charge in [-0.3, -0.25) is 19.2 Å². The monoisotopic (exact) mass is 607 g/mol. The van der Waals surface area contributed by atoms with Crippen LogP contribution in [0, 0.1) is 34.5 Å². The molecule has 0 spiro atoms. The van der Waals surface area contributed by atoms with Gasteiger partial charge in [0.05, 0.1) is 19.2 Å². The molecule has 1 aliphatic heterocycles. The number of ether oxygens (including phenoxy) is 2. The molecule has 0 aromatic carbocycles. The quantitative estimate of drug-likeness (QED) is 0.191. The number of Topliss-reactive ketones (excluding diaryl/α,β-unsaturated/α-hetero) is 1. The standard InChI is InChI=1S/C30H49N5O8/c1-15(2)19(14-43-28(41)42-8)33-27(40)34-23(29(3,4)5)26(39)35-13-17-20(30(17,6)7)21(35)25(38)32-18(22(36)24(31)37)12-16-10-9-11-16/h15-21,23H,9-14H2,1-8H3,(H2,31,37)(H,32,38)(H2,33,34,40)/t17-,18?,19+,20-,21?,23+/m0/s1. The number of rotatable bonds is 12. The molecule has 5 amide bonds. The molecule has 13 nitrogen and oxygen atoms in total. The lowest BCUT2D eigenvalue weighted by atomic mass is 9.80. The lowest BCUT2D eigenvalue weighted by Crippen LogP contribution is -2.62. The zero-order chi connectivity index (χ0) is 32.4. The van der Waals surface area contributed by atoms with Gasteiger partial charge in [-0.25, -0.2) is 9.59 Å². The maximum atomic E-state index is 14.1. The zero-order valence-corrected chi connectivity index (χ0v) is 26.7. The van der Waals surface area contributed by atoms with Crippen LogP contribution in [0.3, 0.4) is 0 Å². The molecule has 3 rings (SSSR count). The summed E-state index contributed by atoms with van der Waals surface area (Å²) < 4.78 is 9.52. The lowest BCUT2D eigenvalue weighted by Gasteiger charge is -2.38. The van der Waals surface area contributed by atoms with E-state index in [1.165, 1.54) is 12.0 Å². The number of likely N-dealkylation sites (tertiary alicyclic amines) is 1. The number of nitrogens with one attached hydrogen (secondary N) is 3. The second-order valence-corrected chi connectivity index (χ2v) is 14.2. The molecule has 0 bridgehead atoms. The first kappa shape index (κ1) is 34.1. The van der Waals surface area contributed by atoms with Gasteiger partial charge in [-0.15, -0.1) is 0 Å². The van der Waals surface area contributed by atoms with Crippen LogP contribution in [0.15, 0.2) is 0 Å². The fraction of sp³-hybridized carbons (Fsp3) is 0.800. The predicted molar refractivity (Wildman–Crippen MR) is 156 cm³/mol. The van der Waals surface area contributed by atoms with Crippen LogP contribution in [0.5, 0.6) is 0 Å². The summed E-state index contributed by atoms with van der Waals surface area (Å²) in [5.74, 6) is -2.81. The first-order valence-corrected chi connectivity index (χ1v) is 15.1. The Hall–Kier alpha value is -3.38. The molecule has 3 fully saturated rings. The minimum absolute atomic E-state index is 0.0689. The van der Waals surface area contributed by atoms with Gasteiger partial charge in [0.2, 0.25) is 17.6 Å². The molecule has 1 heterocycles. The van der Waals surface area contributed by atoms with Gasteiger partial charge in [0.1, 0.15) is 18.7 Å². The third-order valence-corrected chi connectivity index (χ3v) is 9.49. The third kappa shape index (κ3) is 7.77. The van der Waals surface area contributed by atoms with Gasteiger partial charge in [-0.2, -0.15) is 0 Å². The number of carbonyl (C=O) groups excluding carboxylic acids is 6. The van der Waals surface area contributed by atoms with Crippen LogP contribution in [-0.2, 0) is 28.7 Å². The fourth-order valence-electron chi connectivity index (χ4n) is 6.31. The van der Waals surface area contributed by atoms with E-state index in [0.717, 1.165) is 19.3 Å². The SMILES string of the molecule is COC(=O)OC[C@@H](NC(=O)N[C@H](C(=O)N1C[C@H]2[C@@H](C1C(=O)NC(CC1CCC1)C(=O)C(N)=O)C2(C)C)C(C)(C)C)C(C)C. The largest absolute Gasteiger partial charge is 0.508 e. The minimum atomic E-state index is -1.10. The van der Waals surface area contributed by atoms with E-state index in [-0.39, 0.29) is 35.7 Å². The highest BCUT2D eigenvalue weighted by Gasteiger charge is 2.70. The van der Waals surface area contributed by atoms with E-state index in [1.807, 2.05) is 48.5 Å². The summed E-state index contributed by atoms with van der Waals surface area (Å²) in [6.45, 7) is 13.4. The van der Waals surface area contributed by atoms with Gasteiger partial charge in [-0.05, 0) is 40.9 Å². The minimum Gasteiger partial charge on any atom is -0.438 e. The molecule has 6 atom stereocenters. The summed E-state index contributed by atoms with van der Waals surface area (Å²) in [6.07, 6.45) is 2.32. The topological polar surface area (TPSA) is 186 Å². The van der Waals surface area contributed by atoms with E-state index in [4.69, 9.17) is 10.5 Å². The number of piperidine rings is 1. The number of primary amides is 1. The number of carbonyl (C=O) groups is 6. The normalized spacial score (nSPS) is 24.5. The van der Waals surface area contributed by atoms with Gasteiger partial charge in [0, 0.05) is 6.54 Å². The summed E-state index contributed by atoms with van der Waals surface area (Å²) in [5.41, 5.74) is 4.38. The maximum Gasteiger partial charge on any atom is 0.508 e. The number of fused-ring (bicyclic) bond motifs is 1. The van der Waals surface area contributed by atoms with E-state index in [9.17, 15) is 28.8 Å². The Morgan fingerprint density at radius 2 is 1.65 bits per heavy atom. The number of nitrogens with two attached hydrogens (primary N) is 1. The smallest absolute Gasteiger partial charge is 0.438 e. The number of nitrogens with zero attached hydrogens (tertiary/aromatic N) is 1. The number of methoxy groups -OCH3 is 1. The average Bonchev–Trinajstić information content (AvgIpc) is 3.21. The summed E-state index contributed by atoms with van der Waals surface area (Å²) in [7, 11) is 1.19. The van der Waals surface area contributed by atoms with Gasteiger partial charge in [0.25, 0.3) is 5.91 Å². The van der Waals surface area contributed by atoms with Crippen molar-refractivity contribution in [2.75, 3.05) is 20.3 Å². The second kappa shape index (κ2) is 13.1. The van der Waals surface area contributed by atoms with E-state index < -0.39 is 65.3 Å². The molecule has 0 radical (unpaired) electrons. The van der Waals surface area contributed by atoms with Gasteiger partial charge in [0.15, 0.2) is 0 Å². The van der Waals surface area contributed by atoms with Gasteiger partial charge >= 0.3 is 12.2 Å². The molecule has 3 aliphatic rings. The Labute approximate surface area is 253 Å². The van der Waals surface area contributed by atoms with Crippen molar-refractivity contribution in [3.63, 3.8) is 0 Å². The highest BCUT2D eigenvalue weighted by atomic mass is 16.7. The first-order chi connectivity index (χ1) is 19.9. The Bertz CT molecular complexity index is 1110. The summed E-state index contributed by atoms with van der Waals surface area (Å²) in [4.78, 5) is 78.4. The summed E-state index contributed by atoms with van der Waals surface area (Å²) in [5, 5.41) is 8.33. The van der Waals surface area contributed by atoms with Crippen molar-refractivity contribution in [2.45, 2.75) is 98.3 Å². The molecule has 0 aromatic rings. The maximum absolute atomic E-state index is 14.1. The van der Waals surface area contributed by atoms with Crippen LogP contribution in [0.2, 0.25) is 0 Å². The highest BCUT2D eigenvalue weighted by molar-refractivity contribution is 6.37. The zero-order valence-electron chi connectivity index (χ0n) is 26.7. The van der Waals surface area contributed by atoms with E-state index in [2.05, 4.69) is 20.7 Å². The van der Waals surface area contributed by atoms with Crippen molar-refractivity contribution in [1.29, 1.82) is 0 Å². The molecule has 2 unspecified atom stereocenters.